The fourth-order valence-corrected chi connectivity index (χ4v) is 1.70. The van der Waals surface area contributed by atoms with Crippen LogP contribution in [0.25, 0.3) is 0 Å². The van der Waals surface area contributed by atoms with Crippen LogP contribution in [-0.4, -0.2) is 11.6 Å². The largest absolute Gasteiger partial charge is 0.366 e. The van der Waals surface area contributed by atoms with Gasteiger partial charge in [0, 0.05) is 6.04 Å². The molecule has 2 N–H and O–H groups in total. The molecule has 3 heteroatoms. The zero-order valence-corrected chi connectivity index (χ0v) is 11.7. The summed E-state index contributed by atoms with van der Waals surface area (Å²) >= 11 is 0. The van der Waals surface area contributed by atoms with Crippen molar-refractivity contribution in [3.63, 3.8) is 0 Å². The van der Waals surface area contributed by atoms with Gasteiger partial charge in [-0.1, -0.05) is 26.0 Å². The van der Waals surface area contributed by atoms with Crippen molar-refractivity contribution < 1.29 is 9.13 Å². The maximum Gasteiger partial charge on any atom is 0.123 e. The Morgan fingerprint density at radius 1 is 1.22 bits per heavy atom. The molecule has 2 atom stereocenters. The molecular weight excluding hydrogens is 229 g/mol. The van der Waals surface area contributed by atoms with Gasteiger partial charge in [-0.2, -0.15) is 0 Å². The van der Waals surface area contributed by atoms with Crippen molar-refractivity contribution in [3.05, 3.63) is 35.6 Å². The van der Waals surface area contributed by atoms with Crippen LogP contribution in [0.2, 0.25) is 0 Å². The second-order valence-corrected chi connectivity index (χ2v) is 5.28. The van der Waals surface area contributed by atoms with E-state index in [0.717, 1.165) is 18.4 Å². The smallest absolute Gasteiger partial charge is 0.123 e. The molecule has 1 rings (SSSR count). The highest BCUT2D eigenvalue weighted by molar-refractivity contribution is 5.20. The molecule has 2 nitrogen and oxygen atoms in total. The molecular formula is C15H24FNO. The van der Waals surface area contributed by atoms with E-state index in [9.17, 15) is 4.39 Å². The minimum absolute atomic E-state index is 0.0821. The first-order valence-corrected chi connectivity index (χ1v) is 6.58. The van der Waals surface area contributed by atoms with Crippen LogP contribution in [0.1, 0.15) is 52.2 Å². The molecule has 0 radical (unpaired) electrons. The van der Waals surface area contributed by atoms with Crippen molar-refractivity contribution in [2.75, 3.05) is 0 Å². The molecule has 0 aliphatic heterocycles. The Balaban J connectivity index is 2.95. The van der Waals surface area contributed by atoms with Crippen LogP contribution in [0.15, 0.2) is 24.3 Å². The normalized spacial score (nSPS) is 15.4. The maximum absolute atomic E-state index is 13.0. The third kappa shape index (κ3) is 4.07. The van der Waals surface area contributed by atoms with Crippen molar-refractivity contribution >= 4 is 0 Å². The maximum atomic E-state index is 13.0. The van der Waals surface area contributed by atoms with Crippen molar-refractivity contribution in [1.29, 1.82) is 0 Å². The van der Waals surface area contributed by atoms with E-state index in [-0.39, 0.29) is 23.6 Å². The fourth-order valence-electron chi connectivity index (χ4n) is 1.70. The Morgan fingerprint density at radius 2 is 1.78 bits per heavy atom. The first-order chi connectivity index (χ1) is 8.39. The molecule has 1 aromatic rings. The number of halogens is 1. The monoisotopic (exact) mass is 253 g/mol. The minimum Gasteiger partial charge on any atom is -0.366 e. The van der Waals surface area contributed by atoms with E-state index < -0.39 is 0 Å². The molecule has 0 spiro atoms. The van der Waals surface area contributed by atoms with E-state index >= 15 is 0 Å². The summed E-state index contributed by atoms with van der Waals surface area (Å²) in [4.78, 5) is 0. The summed E-state index contributed by atoms with van der Waals surface area (Å²) < 4.78 is 19.1. The molecule has 0 bridgehead atoms. The Labute approximate surface area is 109 Å². The lowest BCUT2D eigenvalue weighted by atomic mass is 9.98. The highest BCUT2D eigenvalue weighted by Gasteiger charge is 2.27. The van der Waals surface area contributed by atoms with Crippen molar-refractivity contribution in [1.82, 2.24) is 0 Å². The van der Waals surface area contributed by atoms with E-state index in [0.29, 0.717) is 0 Å². The minimum atomic E-state index is -0.239. The molecule has 0 saturated heterocycles. The van der Waals surface area contributed by atoms with Crippen LogP contribution < -0.4 is 5.73 Å². The summed E-state index contributed by atoms with van der Waals surface area (Å²) in [6.07, 6.45) is 1.54. The third-order valence-corrected chi connectivity index (χ3v) is 3.36. The zero-order chi connectivity index (χ0) is 13.8. The molecule has 0 aromatic heterocycles. The van der Waals surface area contributed by atoms with Gasteiger partial charge < -0.3 is 10.5 Å². The van der Waals surface area contributed by atoms with Gasteiger partial charge in [-0.3, -0.25) is 0 Å². The van der Waals surface area contributed by atoms with Crippen LogP contribution in [0.4, 0.5) is 4.39 Å². The van der Waals surface area contributed by atoms with Crippen LogP contribution in [0.5, 0.6) is 0 Å². The predicted molar refractivity (Wildman–Crippen MR) is 72.9 cm³/mol. The molecule has 0 aliphatic carbocycles. The number of ether oxygens (including phenoxy) is 1. The summed E-state index contributed by atoms with van der Waals surface area (Å²) in [6.45, 7) is 8.21. The number of hydrogen-bond acceptors (Lipinski definition) is 2. The standard InChI is InChI=1S/C15H24FNO/c1-5-13(17)14(18-15(3,4)6-2)11-7-9-12(16)10-8-11/h7-10,13-14H,5-6,17H2,1-4H3. The second-order valence-electron chi connectivity index (χ2n) is 5.28. The molecule has 1 aromatic carbocycles. The molecule has 0 aliphatic rings. The summed E-state index contributed by atoms with van der Waals surface area (Å²) in [5.41, 5.74) is 6.84. The lowest BCUT2D eigenvalue weighted by Crippen LogP contribution is -2.36. The number of nitrogens with two attached hydrogens (primary N) is 1. The Bertz CT molecular complexity index is 361. The second kappa shape index (κ2) is 6.30. The zero-order valence-electron chi connectivity index (χ0n) is 11.7. The van der Waals surface area contributed by atoms with E-state index in [4.69, 9.17) is 10.5 Å². The first-order valence-electron chi connectivity index (χ1n) is 6.58. The number of hydrogen-bond donors (Lipinski definition) is 1. The molecule has 0 heterocycles. The van der Waals surface area contributed by atoms with Gasteiger partial charge in [-0.15, -0.1) is 0 Å². The Kier molecular flexibility index (Phi) is 5.29. The topological polar surface area (TPSA) is 35.2 Å². The summed E-state index contributed by atoms with van der Waals surface area (Å²) in [5, 5.41) is 0. The van der Waals surface area contributed by atoms with Crippen LogP contribution >= 0.6 is 0 Å². The van der Waals surface area contributed by atoms with Crippen molar-refractivity contribution in [2.24, 2.45) is 5.73 Å². The Hall–Kier alpha value is -0.930. The van der Waals surface area contributed by atoms with Crippen LogP contribution in [0, 0.1) is 5.82 Å². The third-order valence-electron chi connectivity index (χ3n) is 3.36. The molecule has 2 unspecified atom stereocenters. The fraction of sp³-hybridized carbons (Fsp3) is 0.600. The molecule has 102 valence electrons. The van der Waals surface area contributed by atoms with E-state index in [1.54, 1.807) is 12.1 Å². The summed E-state index contributed by atoms with van der Waals surface area (Å²) in [5.74, 6) is -0.239. The molecule has 18 heavy (non-hydrogen) atoms. The molecule has 0 saturated carbocycles. The highest BCUT2D eigenvalue weighted by atomic mass is 19.1. The van der Waals surface area contributed by atoms with Gasteiger partial charge >= 0.3 is 0 Å². The number of benzene rings is 1. The lowest BCUT2D eigenvalue weighted by Gasteiger charge is -2.33. The van der Waals surface area contributed by atoms with E-state index in [1.807, 2.05) is 20.8 Å². The molecule has 0 fully saturated rings. The van der Waals surface area contributed by atoms with Gasteiger partial charge in [0.1, 0.15) is 5.82 Å². The average Bonchev–Trinajstić information content (AvgIpc) is 2.36. The van der Waals surface area contributed by atoms with Gasteiger partial charge in [0.15, 0.2) is 0 Å². The molecule has 0 amide bonds. The van der Waals surface area contributed by atoms with E-state index in [1.165, 1.54) is 12.1 Å². The van der Waals surface area contributed by atoms with Crippen molar-refractivity contribution in [3.8, 4) is 0 Å². The van der Waals surface area contributed by atoms with Gasteiger partial charge in [0.05, 0.1) is 11.7 Å². The predicted octanol–water partition coefficient (Wildman–Crippen LogP) is 3.81. The van der Waals surface area contributed by atoms with Crippen molar-refractivity contribution in [2.45, 2.75) is 58.3 Å². The van der Waals surface area contributed by atoms with Gasteiger partial charge in [-0.25, -0.2) is 4.39 Å². The van der Waals surface area contributed by atoms with Gasteiger partial charge in [0.25, 0.3) is 0 Å². The average molecular weight is 253 g/mol. The first kappa shape index (κ1) is 15.1. The SMILES string of the molecule is CCC(N)C(OC(C)(C)CC)c1ccc(F)cc1. The van der Waals surface area contributed by atoms with Gasteiger partial charge in [0.2, 0.25) is 0 Å². The quantitative estimate of drug-likeness (QED) is 0.836. The van der Waals surface area contributed by atoms with Gasteiger partial charge in [-0.05, 0) is 44.4 Å². The lowest BCUT2D eigenvalue weighted by molar-refractivity contribution is -0.0858. The van der Waals surface area contributed by atoms with Crippen LogP contribution in [0.3, 0.4) is 0 Å². The van der Waals surface area contributed by atoms with Crippen LogP contribution in [-0.2, 0) is 4.74 Å². The number of rotatable bonds is 6. The Morgan fingerprint density at radius 3 is 2.22 bits per heavy atom. The highest BCUT2D eigenvalue weighted by Crippen LogP contribution is 2.29. The summed E-state index contributed by atoms with van der Waals surface area (Å²) in [7, 11) is 0. The summed E-state index contributed by atoms with van der Waals surface area (Å²) in [6, 6.07) is 6.32. The van der Waals surface area contributed by atoms with E-state index in [2.05, 4.69) is 6.92 Å².